The first-order valence-electron chi connectivity index (χ1n) is 9.27. The highest BCUT2D eigenvalue weighted by atomic mass is 14.9. The molecule has 0 bridgehead atoms. The van der Waals surface area contributed by atoms with Crippen LogP contribution in [0.5, 0.6) is 0 Å². The van der Waals surface area contributed by atoms with E-state index in [1.54, 1.807) is 0 Å². The molecule has 0 radical (unpaired) electrons. The molecule has 1 unspecified atom stereocenters. The van der Waals surface area contributed by atoms with Gasteiger partial charge in [-0.05, 0) is 13.0 Å². The Morgan fingerprint density at radius 1 is 0.700 bits per heavy atom. The van der Waals surface area contributed by atoms with Crippen molar-refractivity contribution in [3.05, 3.63) is 0 Å². The average Bonchev–Trinajstić information content (AvgIpc) is 2.46. The third kappa shape index (κ3) is 16.0. The van der Waals surface area contributed by atoms with Crippen LogP contribution in [0.2, 0.25) is 0 Å². The summed E-state index contributed by atoms with van der Waals surface area (Å²) >= 11 is 0. The summed E-state index contributed by atoms with van der Waals surface area (Å²) in [6.45, 7) is 6.43. The SMILES string of the molecule is CCCCCCCCCCCCCCC(N)CNCC. The van der Waals surface area contributed by atoms with Crippen LogP contribution in [0.4, 0.5) is 0 Å². The first kappa shape index (κ1) is 19.9. The van der Waals surface area contributed by atoms with Gasteiger partial charge in [0.15, 0.2) is 0 Å². The fourth-order valence-electron chi connectivity index (χ4n) is 2.68. The largest absolute Gasteiger partial charge is 0.327 e. The minimum Gasteiger partial charge on any atom is -0.327 e. The van der Waals surface area contributed by atoms with Crippen LogP contribution in [0.15, 0.2) is 0 Å². The minimum atomic E-state index is 0.359. The Balaban J connectivity index is 3.02. The Labute approximate surface area is 128 Å². The zero-order valence-electron chi connectivity index (χ0n) is 14.3. The molecule has 0 aromatic heterocycles. The van der Waals surface area contributed by atoms with Crippen LogP contribution in [0, 0.1) is 0 Å². The third-order valence-corrected chi connectivity index (χ3v) is 4.08. The van der Waals surface area contributed by atoms with E-state index in [1.807, 2.05) is 0 Å². The van der Waals surface area contributed by atoms with Crippen LogP contribution in [0.3, 0.4) is 0 Å². The van der Waals surface area contributed by atoms with Gasteiger partial charge in [-0.25, -0.2) is 0 Å². The number of nitrogens with two attached hydrogens (primary N) is 1. The molecule has 3 N–H and O–H groups in total. The molecule has 0 fully saturated rings. The summed E-state index contributed by atoms with van der Waals surface area (Å²) in [5.41, 5.74) is 6.03. The second-order valence-electron chi connectivity index (χ2n) is 6.25. The lowest BCUT2D eigenvalue weighted by Gasteiger charge is -2.11. The van der Waals surface area contributed by atoms with Crippen molar-refractivity contribution in [3.8, 4) is 0 Å². The summed E-state index contributed by atoms with van der Waals surface area (Å²) in [6, 6.07) is 0.359. The summed E-state index contributed by atoms with van der Waals surface area (Å²) in [5, 5.41) is 3.32. The Hall–Kier alpha value is -0.0800. The second-order valence-corrected chi connectivity index (χ2v) is 6.25. The number of hydrogen-bond donors (Lipinski definition) is 2. The van der Waals surface area contributed by atoms with Crippen molar-refractivity contribution >= 4 is 0 Å². The molecule has 0 aliphatic rings. The quantitative estimate of drug-likeness (QED) is 0.391. The fraction of sp³-hybridized carbons (Fsp3) is 1.00. The van der Waals surface area contributed by atoms with Crippen LogP contribution in [-0.2, 0) is 0 Å². The highest BCUT2D eigenvalue weighted by Crippen LogP contribution is 2.12. The normalized spacial score (nSPS) is 12.8. The van der Waals surface area contributed by atoms with Crippen LogP contribution in [0.1, 0.15) is 97.3 Å². The molecule has 0 aromatic rings. The molecule has 20 heavy (non-hydrogen) atoms. The summed E-state index contributed by atoms with van der Waals surface area (Å²) < 4.78 is 0. The maximum Gasteiger partial charge on any atom is 0.0165 e. The van der Waals surface area contributed by atoms with Gasteiger partial charge >= 0.3 is 0 Å². The highest BCUT2D eigenvalue weighted by molar-refractivity contribution is 4.63. The van der Waals surface area contributed by atoms with Crippen molar-refractivity contribution in [3.63, 3.8) is 0 Å². The Bertz CT molecular complexity index is 171. The lowest BCUT2D eigenvalue weighted by molar-refractivity contribution is 0.501. The van der Waals surface area contributed by atoms with Crippen LogP contribution < -0.4 is 11.1 Å². The molecule has 2 heteroatoms. The minimum absolute atomic E-state index is 0.359. The molecule has 0 saturated carbocycles. The van der Waals surface area contributed by atoms with Crippen molar-refractivity contribution in [2.24, 2.45) is 5.73 Å². The van der Waals surface area contributed by atoms with E-state index in [1.165, 1.54) is 83.5 Å². The Kier molecular flexibility index (Phi) is 16.9. The second kappa shape index (κ2) is 17.0. The predicted octanol–water partition coefficient (Wildman–Crippen LogP) is 5.01. The van der Waals surface area contributed by atoms with Crippen molar-refractivity contribution in [1.29, 1.82) is 0 Å². The summed E-state index contributed by atoms with van der Waals surface area (Å²) in [4.78, 5) is 0. The third-order valence-electron chi connectivity index (χ3n) is 4.08. The molecule has 0 aliphatic heterocycles. The Morgan fingerprint density at radius 2 is 1.15 bits per heavy atom. The molecule has 1 atom stereocenters. The average molecular weight is 285 g/mol. The van der Waals surface area contributed by atoms with Crippen LogP contribution in [0.25, 0.3) is 0 Å². The van der Waals surface area contributed by atoms with E-state index < -0.39 is 0 Å². The molecule has 0 aromatic carbocycles. The molecular formula is C18H40N2. The molecular weight excluding hydrogens is 244 g/mol. The zero-order valence-corrected chi connectivity index (χ0v) is 14.3. The van der Waals surface area contributed by atoms with Gasteiger partial charge in [0, 0.05) is 12.6 Å². The molecule has 0 aliphatic carbocycles. The number of unbranched alkanes of at least 4 members (excludes halogenated alkanes) is 11. The molecule has 122 valence electrons. The lowest BCUT2D eigenvalue weighted by Crippen LogP contribution is -2.33. The standard InChI is InChI=1S/C18H40N2/c1-3-5-6-7-8-9-10-11-12-13-14-15-16-18(19)17-20-4-2/h18,20H,3-17,19H2,1-2H3. The maximum atomic E-state index is 6.03. The van der Waals surface area contributed by atoms with E-state index in [9.17, 15) is 0 Å². The van der Waals surface area contributed by atoms with E-state index in [4.69, 9.17) is 5.73 Å². The number of rotatable bonds is 16. The molecule has 0 rings (SSSR count). The lowest BCUT2D eigenvalue weighted by atomic mass is 10.0. The summed E-state index contributed by atoms with van der Waals surface area (Å²) in [5.74, 6) is 0. The number of likely N-dealkylation sites (N-methyl/N-ethyl adjacent to an activating group) is 1. The predicted molar refractivity (Wildman–Crippen MR) is 92.2 cm³/mol. The highest BCUT2D eigenvalue weighted by Gasteiger charge is 2.00. The first-order chi connectivity index (χ1) is 9.81. The fourth-order valence-corrected chi connectivity index (χ4v) is 2.68. The van der Waals surface area contributed by atoms with Crippen molar-refractivity contribution in [1.82, 2.24) is 5.32 Å². The molecule has 0 heterocycles. The molecule has 0 spiro atoms. The maximum absolute atomic E-state index is 6.03. The van der Waals surface area contributed by atoms with Gasteiger partial charge < -0.3 is 11.1 Å². The van der Waals surface area contributed by atoms with Gasteiger partial charge in [-0.1, -0.05) is 90.9 Å². The first-order valence-corrected chi connectivity index (χ1v) is 9.27. The molecule has 0 amide bonds. The van der Waals surface area contributed by atoms with E-state index >= 15 is 0 Å². The van der Waals surface area contributed by atoms with Crippen LogP contribution >= 0.6 is 0 Å². The number of nitrogens with one attached hydrogen (secondary N) is 1. The van der Waals surface area contributed by atoms with Gasteiger partial charge in [-0.2, -0.15) is 0 Å². The van der Waals surface area contributed by atoms with Gasteiger partial charge in [-0.15, -0.1) is 0 Å². The zero-order chi connectivity index (χ0) is 14.9. The topological polar surface area (TPSA) is 38.0 Å². The van der Waals surface area contributed by atoms with Gasteiger partial charge in [0.25, 0.3) is 0 Å². The molecule has 2 nitrogen and oxygen atoms in total. The monoisotopic (exact) mass is 284 g/mol. The molecule has 0 saturated heterocycles. The van der Waals surface area contributed by atoms with Crippen LogP contribution in [-0.4, -0.2) is 19.1 Å². The summed E-state index contributed by atoms with van der Waals surface area (Å²) in [6.07, 6.45) is 18.2. The van der Waals surface area contributed by atoms with E-state index in [-0.39, 0.29) is 0 Å². The van der Waals surface area contributed by atoms with Crippen molar-refractivity contribution in [2.75, 3.05) is 13.1 Å². The Morgan fingerprint density at radius 3 is 1.60 bits per heavy atom. The van der Waals surface area contributed by atoms with Gasteiger partial charge in [0.1, 0.15) is 0 Å². The van der Waals surface area contributed by atoms with Crippen molar-refractivity contribution in [2.45, 2.75) is 103 Å². The van der Waals surface area contributed by atoms with Gasteiger partial charge in [-0.3, -0.25) is 0 Å². The van der Waals surface area contributed by atoms with E-state index in [0.717, 1.165) is 13.1 Å². The summed E-state index contributed by atoms with van der Waals surface area (Å²) in [7, 11) is 0. The van der Waals surface area contributed by atoms with Gasteiger partial charge in [0.2, 0.25) is 0 Å². The van der Waals surface area contributed by atoms with E-state index in [0.29, 0.717) is 6.04 Å². The smallest absolute Gasteiger partial charge is 0.0165 e. The van der Waals surface area contributed by atoms with Crippen molar-refractivity contribution < 1.29 is 0 Å². The number of hydrogen-bond acceptors (Lipinski definition) is 2. The van der Waals surface area contributed by atoms with E-state index in [2.05, 4.69) is 19.2 Å². The van der Waals surface area contributed by atoms with Gasteiger partial charge in [0.05, 0.1) is 0 Å².